The molecule has 2 aromatic rings. The van der Waals surface area contributed by atoms with Gasteiger partial charge in [0.25, 0.3) is 5.91 Å². The molecule has 2 N–H and O–H groups in total. The minimum absolute atomic E-state index is 0.00465. The molecule has 1 saturated heterocycles. The molecule has 6 heteroatoms. The number of benzene rings is 1. The molecule has 2 amide bonds. The van der Waals surface area contributed by atoms with E-state index in [4.69, 9.17) is 11.6 Å². The lowest BCUT2D eigenvalue weighted by Gasteiger charge is -2.12. The van der Waals surface area contributed by atoms with E-state index >= 15 is 0 Å². The van der Waals surface area contributed by atoms with E-state index in [1.165, 1.54) is 0 Å². The predicted octanol–water partition coefficient (Wildman–Crippen LogP) is 1.90. The number of aromatic nitrogens is 1. The summed E-state index contributed by atoms with van der Waals surface area (Å²) in [5.74, 6) is -0.177. The Morgan fingerprint density at radius 2 is 2.24 bits per heavy atom. The van der Waals surface area contributed by atoms with E-state index in [1.54, 1.807) is 6.07 Å². The van der Waals surface area contributed by atoms with Crippen LogP contribution in [0.1, 0.15) is 23.2 Å². The van der Waals surface area contributed by atoms with Gasteiger partial charge in [0.1, 0.15) is 5.15 Å². The largest absolute Gasteiger partial charge is 0.352 e. The van der Waals surface area contributed by atoms with Crippen molar-refractivity contribution in [3.05, 3.63) is 41.0 Å². The lowest BCUT2D eigenvalue weighted by Crippen LogP contribution is -2.38. The van der Waals surface area contributed by atoms with Crippen molar-refractivity contribution in [2.75, 3.05) is 6.54 Å². The van der Waals surface area contributed by atoms with Crippen molar-refractivity contribution < 1.29 is 9.59 Å². The van der Waals surface area contributed by atoms with Gasteiger partial charge in [-0.05, 0) is 18.6 Å². The Labute approximate surface area is 126 Å². The molecule has 1 aromatic heterocycles. The Morgan fingerprint density at radius 3 is 3.00 bits per heavy atom. The van der Waals surface area contributed by atoms with Crippen molar-refractivity contribution in [2.45, 2.75) is 18.9 Å². The number of fused-ring (bicyclic) bond motifs is 1. The van der Waals surface area contributed by atoms with Crippen LogP contribution in [0.5, 0.6) is 0 Å². The number of carbonyl (C=O) groups excluding carboxylic acids is 2. The number of rotatable bonds is 3. The Morgan fingerprint density at radius 1 is 1.43 bits per heavy atom. The molecule has 1 aromatic carbocycles. The molecule has 3 rings (SSSR count). The van der Waals surface area contributed by atoms with Crippen LogP contribution in [0.25, 0.3) is 10.9 Å². The van der Waals surface area contributed by atoms with Crippen LogP contribution < -0.4 is 10.6 Å². The SMILES string of the molecule is O=C1CCC(CNC(=O)c2cc(Cl)nc3ccccc23)N1. The maximum absolute atomic E-state index is 12.3. The van der Waals surface area contributed by atoms with E-state index < -0.39 is 0 Å². The molecule has 0 bridgehead atoms. The first-order chi connectivity index (χ1) is 10.1. The summed E-state index contributed by atoms with van der Waals surface area (Å²) in [7, 11) is 0. The molecular formula is C15H14ClN3O2. The maximum Gasteiger partial charge on any atom is 0.252 e. The molecule has 1 aliphatic heterocycles. The number of halogens is 1. The summed E-state index contributed by atoms with van der Waals surface area (Å²) in [5.41, 5.74) is 1.18. The van der Waals surface area contributed by atoms with Crippen LogP contribution in [-0.4, -0.2) is 29.4 Å². The van der Waals surface area contributed by atoms with E-state index in [1.807, 2.05) is 24.3 Å². The summed E-state index contributed by atoms with van der Waals surface area (Å²) in [6.07, 6.45) is 1.27. The highest BCUT2D eigenvalue weighted by atomic mass is 35.5. The first kappa shape index (κ1) is 13.8. The lowest BCUT2D eigenvalue weighted by molar-refractivity contribution is -0.119. The molecule has 2 heterocycles. The summed E-state index contributed by atoms with van der Waals surface area (Å²) in [4.78, 5) is 27.7. The molecule has 1 unspecified atom stereocenters. The molecule has 0 saturated carbocycles. The standard InChI is InChI=1S/C15H14ClN3O2/c16-13-7-11(10-3-1-2-4-12(10)19-13)15(21)17-8-9-5-6-14(20)18-9/h1-4,7,9H,5-6,8H2,(H,17,21)(H,18,20). The summed E-state index contributed by atoms with van der Waals surface area (Å²) < 4.78 is 0. The van der Waals surface area contributed by atoms with E-state index in [2.05, 4.69) is 15.6 Å². The van der Waals surface area contributed by atoms with Gasteiger partial charge >= 0.3 is 0 Å². The number of pyridine rings is 1. The molecule has 108 valence electrons. The number of hydrogen-bond acceptors (Lipinski definition) is 3. The van der Waals surface area contributed by atoms with Gasteiger partial charge in [-0.15, -0.1) is 0 Å². The molecule has 21 heavy (non-hydrogen) atoms. The van der Waals surface area contributed by atoms with Crippen molar-refractivity contribution >= 4 is 34.3 Å². The fourth-order valence-electron chi connectivity index (χ4n) is 2.47. The number of amides is 2. The Kier molecular flexibility index (Phi) is 3.75. The monoisotopic (exact) mass is 303 g/mol. The normalized spacial score (nSPS) is 17.8. The molecular weight excluding hydrogens is 290 g/mol. The molecule has 1 fully saturated rings. The van der Waals surface area contributed by atoms with Crippen molar-refractivity contribution in [3.63, 3.8) is 0 Å². The minimum Gasteiger partial charge on any atom is -0.352 e. The van der Waals surface area contributed by atoms with Gasteiger partial charge in [0.15, 0.2) is 0 Å². The van der Waals surface area contributed by atoms with Gasteiger partial charge < -0.3 is 10.6 Å². The second kappa shape index (κ2) is 5.69. The van der Waals surface area contributed by atoms with E-state index in [-0.39, 0.29) is 23.0 Å². The highest BCUT2D eigenvalue weighted by Gasteiger charge is 2.21. The van der Waals surface area contributed by atoms with Crippen LogP contribution >= 0.6 is 11.6 Å². The van der Waals surface area contributed by atoms with Crippen molar-refractivity contribution in [1.29, 1.82) is 0 Å². The highest BCUT2D eigenvalue weighted by Crippen LogP contribution is 2.20. The number of para-hydroxylation sites is 1. The maximum atomic E-state index is 12.3. The summed E-state index contributed by atoms with van der Waals surface area (Å²) in [6.45, 7) is 0.416. The van der Waals surface area contributed by atoms with E-state index in [0.29, 0.717) is 24.0 Å². The van der Waals surface area contributed by atoms with E-state index in [0.717, 1.165) is 11.8 Å². The minimum atomic E-state index is -0.211. The first-order valence-corrected chi connectivity index (χ1v) is 7.14. The van der Waals surface area contributed by atoms with Crippen LogP contribution in [0.2, 0.25) is 5.15 Å². The molecule has 0 aliphatic carbocycles. The van der Waals surface area contributed by atoms with Gasteiger partial charge in [-0.3, -0.25) is 9.59 Å². The van der Waals surface area contributed by atoms with Crippen LogP contribution in [0.3, 0.4) is 0 Å². The van der Waals surface area contributed by atoms with Crippen LogP contribution in [-0.2, 0) is 4.79 Å². The average Bonchev–Trinajstić information content (AvgIpc) is 2.89. The summed E-state index contributed by atoms with van der Waals surface area (Å²) in [6, 6.07) is 8.92. The van der Waals surface area contributed by atoms with Gasteiger partial charge in [0.05, 0.1) is 11.1 Å². The molecule has 5 nitrogen and oxygen atoms in total. The quantitative estimate of drug-likeness (QED) is 0.851. The predicted molar refractivity (Wildman–Crippen MR) is 80.3 cm³/mol. The molecule has 0 spiro atoms. The number of nitrogens with one attached hydrogen (secondary N) is 2. The van der Waals surface area contributed by atoms with Crippen molar-refractivity contribution in [3.8, 4) is 0 Å². The van der Waals surface area contributed by atoms with Gasteiger partial charge in [-0.2, -0.15) is 0 Å². The Balaban J connectivity index is 1.79. The number of carbonyl (C=O) groups is 2. The van der Waals surface area contributed by atoms with Gasteiger partial charge in [-0.1, -0.05) is 29.8 Å². The third-order valence-corrected chi connectivity index (χ3v) is 3.72. The molecule has 1 aliphatic rings. The molecule has 1 atom stereocenters. The Bertz CT molecular complexity index is 717. The third-order valence-electron chi connectivity index (χ3n) is 3.52. The smallest absolute Gasteiger partial charge is 0.252 e. The zero-order valence-corrected chi connectivity index (χ0v) is 12.0. The first-order valence-electron chi connectivity index (χ1n) is 6.76. The fraction of sp³-hybridized carbons (Fsp3) is 0.267. The molecule has 0 radical (unpaired) electrons. The van der Waals surface area contributed by atoms with Crippen molar-refractivity contribution in [1.82, 2.24) is 15.6 Å². The van der Waals surface area contributed by atoms with E-state index in [9.17, 15) is 9.59 Å². The van der Waals surface area contributed by atoms with Gasteiger partial charge in [0, 0.05) is 24.4 Å². The zero-order chi connectivity index (χ0) is 14.8. The lowest BCUT2D eigenvalue weighted by atomic mass is 10.1. The summed E-state index contributed by atoms with van der Waals surface area (Å²) in [5, 5.41) is 6.70. The van der Waals surface area contributed by atoms with Crippen LogP contribution in [0, 0.1) is 0 Å². The van der Waals surface area contributed by atoms with Crippen LogP contribution in [0.4, 0.5) is 0 Å². The fourth-order valence-corrected chi connectivity index (χ4v) is 2.67. The van der Waals surface area contributed by atoms with Gasteiger partial charge in [-0.25, -0.2) is 4.98 Å². The zero-order valence-electron chi connectivity index (χ0n) is 11.2. The van der Waals surface area contributed by atoms with Gasteiger partial charge in [0.2, 0.25) is 5.91 Å². The second-order valence-electron chi connectivity index (χ2n) is 5.02. The topological polar surface area (TPSA) is 71.1 Å². The average molecular weight is 304 g/mol. The summed E-state index contributed by atoms with van der Waals surface area (Å²) >= 11 is 5.97. The highest BCUT2D eigenvalue weighted by molar-refractivity contribution is 6.30. The second-order valence-corrected chi connectivity index (χ2v) is 5.41. The number of hydrogen-bond donors (Lipinski definition) is 2. The third kappa shape index (κ3) is 2.97. The Hall–Kier alpha value is -2.14. The van der Waals surface area contributed by atoms with Crippen LogP contribution in [0.15, 0.2) is 30.3 Å². The van der Waals surface area contributed by atoms with Crippen molar-refractivity contribution in [2.24, 2.45) is 0 Å². The number of nitrogens with zero attached hydrogens (tertiary/aromatic N) is 1.